The van der Waals surface area contributed by atoms with Crippen LogP contribution in [-0.4, -0.2) is 32.6 Å². The smallest absolute Gasteiger partial charge is 0.335 e. The first kappa shape index (κ1) is 24.0. The van der Waals surface area contributed by atoms with Crippen molar-refractivity contribution in [1.82, 2.24) is 4.57 Å². The van der Waals surface area contributed by atoms with Crippen LogP contribution in [0.1, 0.15) is 50.2 Å². The molecule has 0 saturated heterocycles. The number of aromatic carboxylic acids is 2. The maximum Gasteiger partial charge on any atom is 0.335 e. The van der Waals surface area contributed by atoms with Gasteiger partial charge in [-0.15, -0.1) is 0 Å². The van der Waals surface area contributed by atoms with Gasteiger partial charge in [0.25, 0.3) is 5.91 Å². The van der Waals surface area contributed by atoms with Crippen LogP contribution >= 0.6 is 0 Å². The molecule has 0 radical (unpaired) electrons. The van der Waals surface area contributed by atoms with Gasteiger partial charge >= 0.3 is 11.9 Å². The van der Waals surface area contributed by atoms with Gasteiger partial charge in [-0.2, -0.15) is 5.26 Å². The second-order valence-electron chi connectivity index (χ2n) is 7.72. The van der Waals surface area contributed by atoms with Crippen molar-refractivity contribution < 1.29 is 24.6 Å². The third kappa shape index (κ3) is 5.05. The number of hydrogen-bond acceptors (Lipinski definition) is 4. The van der Waals surface area contributed by atoms with Gasteiger partial charge < -0.3 is 20.1 Å². The first-order valence-corrected chi connectivity index (χ1v) is 10.5. The van der Waals surface area contributed by atoms with E-state index in [1.54, 1.807) is 36.6 Å². The van der Waals surface area contributed by atoms with Gasteiger partial charge in [-0.25, -0.2) is 9.59 Å². The van der Waals surface area contributed by atoms with Crippen molar-refractivity contribution in [2.24, 2.45) is 0 Å². The molecule has 0 saturated carbocycles. The van der Waals surface area contributed by atoms with Gasteiger partial charge in [0.2, 0.25) is 0 Å². The molecule has 172 valence electrons. The summed E-state index contributed by atoms with van der Waals surface area (Å²) < 4.78 is 1.68. The molecule has 0 aliphatic carbocycles. The van der Waals surface area contributed by atoms with Gasteiger partial charge in [-0.3, -0.25) is 4.79 Å². The number of aromatic nitrogens is 1. The number of aryl methyl sites for hydroxylation is 2. The van der Waals surface area contributed by atoms with E-state index in [-0.39, 0.29) is 16.7 Å². The van der Waals surface area contributed by atoms with Crippen molar-refractivity contribution in [2.45, 2.75) is 27.2 Å². The molecule has 0 aliphatic heterocycles. The Labute approximate surface area is 196 Å². The molecule has 0 bridgehead atoms. The molecule has 0 atom stereocenters. The summed E-state index contributed by atoms with van der Waals surface area (Å²) in [6.07, 6.45) is 2.32. The van der Waals surface area contributed by atoms with E-state index in [0.717, 1.165) is 18.1 Å². The van der Waals surface area contributed by atoms with Gasteiger partial charge in [0.15, 0.2) is 0 Å². The molecule has 2 aromatic carbocycles. The molecule has 1 aromatic heterocycles. The van der Waals surface area contributed by atoms with Crippen LogP contribution in [0.4, 0.5) is 5.69 Å². The lowest BCUT2D eigenvalue weighted by atomic mass is 10.1. The van der Waals surface area contributed by atoms with Crippen molar-refractivity contribution in [3.8, 4) is 11.8 Å². The Hall–Kier alpha value is -4.64. The summed E-state index contributed by atoms with van der Waals surface area (Å²) >= 11 is 0. The Kier molecular flexibility index (Phi) is 6.98. The lowest BCUT2D eigenvalue weighted by molar-refractivity contribution is -0.112. The first-order chi connectivity index (χ1) is 16.1. The minimum atomic E-state index is -1.25. The summed E-state index contributed by atoms with van der Waals surface area (Å²) in [6, 6.07) is 14.8. The molecule has 1 amide bonds. The maximum absolute atomic E-state index is 12.7. The molecule has 34 heavy (non-hydrogen) atoms. The van der Waals surface area contributed by atoms with Crippen LogP contribution in [-0.2, 0) is 11.2 Å². The number of nitriles is 1. The number of benzene rings is 2. The first-order valence-electron chi connectivity index (χ1n) is 10.5. The number of carbonyl (C=O) groups is 3. The van der Waals surface area contributed by atoms with E-state index in [9.17, 15) is 29.9 Å². The van der Waals surface area contributed by atoms with E-state index in [4.69, 9.17) is 0 Å². The van der Waals surface area contributed by atoms with Gasteiger partial charge in [-0.1, -0.05) is 19.1 Å². The normalized spacial score (nSPS) is 11.1. The zero-order valence-electron chi connectivity index (χ0n) is 18.9. The minimum absolute atomic E-state index is 0.106. The van der Waals surface area contributed by atoms with E-state index < -0.39 is 17.8 Å². The topological polar surface area (TPSA) is 132 Å². The summed E-state index contributed by atoms with van der Waals surface area (Å²) in [4.78, 5) is 35.7. The van der Waals surface area contributed by atoms with E-state index >= 15 is 0 Å². The van der Waals surface area contributed by atoms with Gasteiger partial charge in [0.05, 0.1) is 11.1 Å². The number of hydrogen-bond donors (Lipinski definition) is 3. The average Bonchev–Trinajstić information content (AvgIpc) is 3.09. The highest BCUT2D eigenvalue weighted by molar-refractivity contribution is 6.09. The minimum Gasteiger partial charge on any atom is -0.478 e. The number of carboxylic acids is 2. The van der Waals surface area contributed by atoms with Crippen molar-refractivity contribution in [1.29, 1.82) is 5.26 Å². The summed E-state index contributed by atoms with van der Waals surface area (Å²) in [5.41, 5.74) is 3.48. The zero-order chi connectivity index (χ0) is 25.0. The Bertz CT molecular complexity index is 1330. The summed E-state index contributed by atoms with van der Waals surface area (Å²) in [5.74, 6) is -3.05. The van der Waals surface area contributed by atoms with E-state index in [2.05, 4.69) is 5.32 Å². The highest BCUT2D eigenvalue weighted by Gasteiger charge is 2.17. The standard InChI is InChI=1S/C26H23N3O5/c1-4-17-5-7-22(8-6-17)28-24(30)21(14-27)10-18-9-15(2)29(16(18)3)23-12-19(25(31)32)11-20(13-23)26(33)34/h5-13H,4H2,1-3H3,(H,28,30)(H,31,32)(H,33,34)/b21-10-. The third-order valence-electron chi connectivity index (χ3n) is 5.43. The van der Waals surface area contributed by atoms with Crippen molar-refractivity contribution in [3.63, 3.8) is 0 Å². The fraction of sp³-hybridized carbons (Fsp3) is 0.154. The summed E-state index contributed by atoms with van der Waals surface area (Å²) in [6.45, 7) is 5.53. The highest BCUT2D eigenvalue weighted by Crippen LogP contribution is 2.25. The lowest BCUT2D eigenvalue weighted by Crippen LogP contribution is -2.13. The van der Waals surface area contributed by atoms with Gasteiger partial charge in [0, 0.05) is 22.8 Å². The number of nitrogens with one attached hydrogen (secondary N) is 1. The summed E-state index contributed by atoms with van der Waals surface area (Å²) in [5, 5.41) is 31.0. The van der Waals surface area contributed by atoms with Gasteiger partial charge in [0.1, 0.15) is 11.6 Å². The van der Waals surface area contributed by atoms with Crippen LogP contribution in [0.5, 0.6) is 0 Å². The van der Waals surface area contributed by atoms with Crippen LogP contribution in [0.25, 0.3) is 11.8 Å². The van der Waals surface area contributed by atoms with Crippen LogP contribution < -0.4 is 5.32 Å². The van der Waals surface area contributed by atoms with Crippen LogP contribution in [0.15, 0.2) is 54.1 Å². The Balaban J connectivity index is 1.99. The molecule has 0 fully saturated rings. The lowest BCUT2D eigenvalue weighted by Gasteiger charge is -2.12. The Morgan fingerprint density at radius 2 is 1.59 bits per heavy atom. The monoisotopic (exact) mass is 457 g/mol. The molecule has 3 rings (SSSR count). The van der Waals surface area contributed by atoms with Crippen molar-refractivity contribution in [2.75, 3.05) is 5.32 Å². The Morgan fingerprint density at radius 3 is 2.09 bits per heavy atom. The van der Waals surface area contributed by atoms with Crippen LogP contribution in [0.2, 0.25) is 0 Å². The molecule has 0 spiro atoms. The number of anilines is 1. The SMILES string of the molecule is CCc1ccc(NC(=O)/C(C#N)=C\c2cc(C)n(-c3cc(C(=O)O)cc(C(=O)O)c3)c2C)cc1. The fourth-order valence-corrected chi connectivity index (χ4v) is 3.64. The third-order valence-corrected chi connectivity index (χ3v) is 5.43. The molecular weight excluding hydrogens is 434 g/mol. The van der Waals surface area contributed by atoms with E-state index in [1.807, 2.05) is 25.1 Å². The van der Waals surface area contributed by atoms with Gasteiger partial charge in [-0.05, 0) is 73.9 Å². The molecule has 3 aromatic rings. The van der Waals surface area contributed by atoms with Crippen molar-refractivity contribution >= 4 is 29.6 Å². The average molecular weight is 457 g/mol. The maximum atomic E-state index is 12.7. The number of carboxylic acid groups (broad SMARTS) is 2. The predicted molar refractivity (Wildman–Crippen MR) is 127 cm³/mol. The van der Waals surface area contributed by atoms with E-state index in [1.165, 1.54) is 18.2 Å². The molecule has 3 N–H and O–H groups in total. The second kappa shape index (κ2) is 9.88. The quantitative estimate of drug-likeness (QED) is 0.351. The highest BCUT2D eigenvalue weighted by atomic mass is 16.4. The van der Waals surface area contributed by atoms with Crippen LogP contribution in [0, 0.1) is 25.2 Å². The number of carbonyl (C=O) groups excluding carboxylic acids is 1. The Morgan fingerprint density at radius 1 is 1.00 bits per heavy atom. The zero-order valence-corrected chi connectivity index (χ0v) is 18.9. The summed E-state index contributed by atoms with van der Waals surface area (Å²) in [7, 11) is 0. The van der Waals surface area contributed by atoms with E-state index in [0.29, 0.717) is 28.3 Å². The molecule has 8 nitrogen and oxygen atoms in total. The van der Waals surface area contributed by atoms with Crippen molar-refractivity contribution in [3.05, 3.63) is 87.7 Å². The second-order valence-corrected chi connectivity index (χ2v) is 7.72. The number of rotatable bonds is 7. The molecule has 1 heterocycles. The largest absolute Gasteiger partial charge is 0.478 e. The number of nitrogens with zero attached hydrogens (tertiary/aromatic N) is 2. The fourth-order valence-electron chi connectivity index (χ4n) is 3.64. The molecule has 0 aliphatic rings. The number of amides is 1. The molecule has 0 unspecified atom stereocenters. The molecule has 8 heteroatoms. The molecular formula is C26H23N3O5. The predicted octanol–water partition coefficient (Wildman–Crippen LogP) is 4.60. The van der Waals surface area contributed by atoms with Crippen LogP contribution in [0.3, 0.4) is 0 Å².